The maximum atomic E-state index is 12.1. The van der Waals surface area contributed by atoms with E-state index in [9.17, 15) is 9.59 Å². The van der Waals surface area contributed by atoms with E-state index in [1.807, 2.05) is 26.0 Å². The first kappa shape index (κ1) is 13.4. The van der Waals surface area contributed by atoms with E-state index in [0.717, 1.165) is 17.8 Å². The summed E-state index contributed by atoms with van der Waals surface area (Å²) in [5.41, 5.74) is 2.70. The summed E-state index contributed by atoms with van der Waals surface area (Å²) in [4.78, 5) is 23.1. The van der Waals surface area contributed by atoms with Gasteiger partial charge in [0.1, 0.15) is 0 Å². The van der Waals surface area contributed by atoms with Gasteiger partial charge in [0.05, 0.1) is 6.04 Å². The molecule has 1 fully saturated rings. The number of hydrogen-bond donors (Lipinski definition) is 3. The molecule has 0 spiro atoms. The Morgan fingerprint density at radius 1 is 1.47 bits per heavy atom. The minimum Gasteiger partial charge on any atom is -0.385 e. The highest BCUT2D eigenvalue weighted by Crippen LogP contribution is 2.16. The van der Waals surface area contributed by atoms with Crippen molar-refractivity contribution in [2.75, 3.05) is 18.4 Å². The molecule has 0 aromatic heterocycles. The van der Waals surface area contributed by atoms with E-state index in [1.54, 1.807) is 6.07 Å². The molecule has 1 aliphatic heterocycles. The van der Waals surface area contributed by atoms with Gasteiger partial charge in [0, 0.05) is 30.8 Å². The van der Waals surface area contributed by atoms with E-state index < -0.39 is 0 Å². The summed E-state index contributed by atoms with van der Waals surface area (Å²) in [5.74, 6) is -0.142. The summed E-state index contributed by atoms with van der Waals surface area (Å²) in [7, 11) is 0. The highest BCUT2D eigenvalue weighted by Gasteiger charge is 2.23. The predicted molar refractivity (Wildman–Crippen MR) is 74.2 cm³/mol. The fourth-order valence-electron chi connectivity index (χ4n) is 2.17. The highest BCUT2D eigenvalue weighted by molar-refractivity contribution is 5.95. The zero-order chi connectivity index (χ0) is 13.8. The summed E-state index contributed by atoms with van der Waals surface area (Å²) >= 11 is 0. The first-order chi connectivity index (χ1) is 9.10. The zero-order valence-corrected chi connectivity index (χ0v) is 11.2. The van der Waals surface area contributed by atoms with Crippen molar-refractivity contribution in [1.82, 2.24) is 10.6 Å². The van der Waals surface area contributed by atoms with Crippen LogP contribution in [0.15, 0.2) is 18.2 Å². The molecule has 5 nitrogen and oxygen atoms in total. The van der Waals surface area contributed by atoms with E-state index in [-0.39, 0.29) is 17.9 Å². The molecule has 19 heavy (non-hydrogen) atoms. The Balaban J connectivity index is 2.03. The molecule has 0 saturated carbocycles. The molecule has 5 heteroatoms. The Bertz CT molecular complexity index is 499. The maximum absolute atomic E-state index is 12.1. The molecule has 1 atom stereocenters. The van der Waals surface area contributed by atoms with Crippen LogP contribution in [0.5, 0.6) is 0 Å². The van der Waals surface area contributed by atoms with Crippen molar-refractivity contribution < 1.29 is 9.59 Å². The van der Waals surface area contributed by atoms with Crippen LogP contribution in [0, 0.1) is 6.92 Å². The Labute approximate surface area is 112 Å². The van der Waals surface area contributed by atoms with Crippen LogP contribution in [0.3, 0.4) is 0 Å². The van der Waals surface area contributed by atoms with Gasteiger partial charge in [0.2, 0.25) is 5.91 Å². The summed E-state index contributed by atoms with van der Waals surface area (Å²) in [6.07, 6.45) is 0.361. The van der Waals surface area contributed by atoms with Crippen molar-refractivity contribution in [2.24, 2.45) is 0 Å². The maximum Gasteiger partial charge on any atom is 0.251 e. The van der Waals surface area contributed by atoms with Gasteiger partial charge in [-0.25, -0.2) is 0 Å². The number of amides is 2. The van der Waals surface area contributed by atoms with E-state index in [0.29, 0.717) is 18.5 Å². The molecule has 3 N–H and O–H groups in total. The second-order valence-electron chi connectivity index (χ2n) is 4.74. The first-order valence-corrected chi connectivity index (χ1v) is 6.52. The number of aryl methyl sites for hydroxylation is 1. The van der Waals surface area contributed by atoms with Crippen molar-refractivity contribution in [3.63, 3.8) is 0 Å². The van der Waals surface area contributed by atoms with Crippen LogP contribution in [-0.2, 0) is 4.79 Å². The number of benzene rings is 1. The van der Waals surface area contributed by atoms with Crippen molar-refractivity contribution in [1.29, 1.82) is 0 Å². The first-order valence-electron chi connectivity index (χ1n) is 6.52. The third kappa shape index (κ3) is 3.24. The second-order valence-corrected chi connectivity index (χ2v) is 4.74. The molecular weight excluding hydrogens is 242 g/mol. The van der Waals surface area contributed by atoms with Crippen molar-refractivity contribution >= 4 is 17.5 Å². The number of carbonyl (C=O) groups excluding carboxylic acids is 2. The smallest absolute Gasteiger partial charge is 0.251 e. The molecule has 0 radical (unpaired) electrons. The van der Waals surface area contributed by atoms with Gasteiger partial charge >= 0.3 is 0 Å². The summed E-state index contributed by atoms with van der Waals surface area (Å²) in [6, 6.07) is 5.46. The van der Waals surface area contributed by atoms with Crippen molar-refractivity contribution in [2.45, 2.75) is 26.3 Å². The molecule has 1 aromatic carbocycles. The molecule has 2 rings (SSSR count). The van der Waals surface area contributed by atoms with Gasteiger partial charge in [-0.05, 0) is 37.6 Å². The minimum absolute atomic E-state index is 0.0102. The fourth-order valence-corrected chi connectivity index (χ4v) is 2.17. The van der Waals surface area contributed by atoms with Crippen LogP contribution >= 0.6 is 0 Å². The molecule has 1 saturated heterocycles. The molecule has 1 aliphatic rings. The molecule has 2 amide bonds. The Morgan fingerprint density at radius 2 is 2.26 bits per heavy atom. The van der Waals surface area contributed by atoms with Gasteiger partial charge in [-0.3, -0.25) is 9.59 Å². The predicted octanol–water partition coefficient (Wildman–Crippen LogP) is 1.05. The van der Waals surface area contributed by atoms with Crippen LogP contribution in [0.1, 0.15) is 29.3 Å². The van der Waals surface area contributed by atoms with Crippen molar-refractivity contribution in [3.05, 3.63) is 29.3 Å². The van der Waals surface area contributed by atoms with Crippen LogP contribution < -0.4 is 16.0 Å². The van der Waals surface area contributed by atoms with Gasteiger partial charge in [0.15, 0.2) is 0 Å². The number of carbonyl (C=O) groups is 2. The van der Waals surface area contributed by atoms with E-state index in [4.69, 9.17) is 0 Å². The number of anilines is 1. The molecule has 1 heterocycles. The number of nitrogens with one attached hydrogen (secondary N) is 3. The second kappa shape index (κ2) is 5.73. The average molecular weight is 261 g/mol. The molecular formula is C14H19N3O2. The Hall–Kier alpha value is -2.04. The Morgan fingerprint density at radius 3 is 2.84 bits per heavy atom. The van der Waals surface area contributed by atoms with Crippen molar-refractivity contribution in [3.8, 4) is 0 Å². The van der Waals surface area contributed by atoms with Gasteiger partial charge in [-0.15, -0.1) is 0 Å². The third-order valence-electron chi connectivity index (χ3n) is 3.17. The lowest BCUT2D eigenvalue weighted by molar-refractivity contribution is -0.119. The summed E-state index contributed by atoms with van der Waals surface area (Å²) in [6.45, 7) is 5.36. The standard InChI is InChI=1S/C14H19N3O2/c1-3-15-12-5-4-10(6-9(12)2)14(19)17-11-7-13(18)16-8-11/h4-6,11,15H,3,7-8H2,1-2H3,(H,16,18)(H,17,19). The monoisotopic (exact) mass is 261 g/mol. The summed E-state index contributed by atoms with van der Waals surface area (Å²) in [5, 5.41) is 8.80. The van der Waals surface area contributed by atoms with E-state index in [2.05, 4.69) is 16.0 Å². The lowest BCUT2D eigenvalue weighted by atomic mass is 10.1. The molecule has 0 bridgehead atoms. The normalized spacial score (nSPS) is 18.0. The van der Waals surface area contributed by atoms with Crippen LogP contribution in [0.25, 0.3) is 0 Å². The molecule has 102 valence electrons. The Kier molecular flexibility index (Phi) is 4.04. The summed E-state index contributed by atoms with van der Waals surface area (Å²) < 4.78 is 0. The van der Waals surface area contributed by atoms with E-state index in [1.165, 1.54) is 0 Å². The van der Waals surface area contributed by atoms with Gasteiger partial charge in [-0.2, -0.15) is 0 Å². The van der Waals surface area contributed by atoms with Crippen LogP contribution in [0.4, 0.5) is 5.69 Å². The van der Waals surface area contributed by atoms with Gasteiger partial charge in [0.25, 0.3) is 5.91 Å². The third-order valence-corrected chi connectivity index (χ3v) is 3.17. The van der Waals surface area contributed by atoms with E-state index >= 15 is 0 Å². The number of hydrogen-bond acceptors (Lipinski definition) is 3. The fraction of sp³-hybridized carbons (Fsp3) is 0.429. The van der Waals surface area contributed by atoms with Crippen LogP contribution in [-0.4, -0.2) is 30.9 Å². The lowest BCUT2D eigenvalue weighted by Crippen LogP contribution is -2.36. The topological polar surface area (TPSA) is 70.2 Å². The largest absolute Gasteiger partial charge is 0.385 e. The van der Waals surface area contributed by atoms with Crippen LogP contribution in [0.2, 0.25) is 0 Å². The molecule has 1 unspecified atom stereocenters. The minimum atomic E-state index is -0.132. The number of rotatable bonds is 4. The lowest BCUT2D eigenvalue weighted by Gasteiger charge is -2.12. The van der Waals surface area contributed by atoms with Gasteiger partial charge in [-0.1, -0.05) is 0 Å². The average Bonchev–Trinajstić information content (AvgIpc) is 2.77. The molecule has 1 aromatic rings. The highest BCUT2D eigenvalue weighted by atomic mass is 16.2. The quantitative estimate of drug-likeness (QED) is 0.758. The molecule has 0 aliphatic carbocycles. The SMILES string of the molecule is CCNc1ccc(C(=O)NC2CNC(=O)C2)cc1C. The zero-order valence-electron chi connectivity index (χ0n) is 11.2. The van der Waals surface area contributed by atoms with Gasteiger partial charge < -0.3 is 16.0 Å².